The molecule has 7 heteroatoms. The van der Waals surface area contributed by atoms with Gasteiger partial charge in [-0.2, -0.15) is 0 Å². The number of hydrogen-bond acceptors (Lipinski definition) is 4. The van der Waals surface area contributed by atoms with E-state index < -0.39 is 12.6 Å². The Bertz CT molecular complexity index is 722. The fourth-order valence-corrected chi connectivity index (χ4v) is 2.48. The SMILES string of the molecule is CCOc1ccc(N=Cc2cc(Cl)c(OCC(=O)O)c(Cl)c2)cc1. The predicted octanol–water partition coefficient (Wildman–Crippen LogP) is 4.61. The molecule has 0 heterocycles. The van der Waals surface area contributed by atoms with Crippen LogP contribution in [0.3, 0.4) is 0 Å². The molecule has 24 heavy (non-hydrogen) atoms. The van der Waals surface area contributed by atoms with E-state index >= 15 is 0 Å². The zero-order chi connectivity index (χ0) is 17.5. The lowest BCUT2D eigenvalue weighted by atomic mass is 10.2. The second-order valence-corrected chi connectivity index (χ2v) is 5.50. The number of aliphatic carboxylic acids is 1. The Hall–Kier alpha value is -2.24. The van der Waals surface area contributed by atoms with E-state index in [1.54, 1.807) is 18.3 Å². The van der Waals surface area contributed by atoms with Crippen molar-refractivity contribution < 1.29 is 19.4 Å². The van der Waals surface area contributed by atoms with Gasteiger partial charge in [0.2, 0.25) is 0 Å². The molecule has 0 aliphatic heterocycles. The predicted molar refractivity (Wildman–Crippen MR) is 94.5 cm³/mol. The van der Waals surface area contributed by atoms with Gasteiger partial charge in [0.05, 0.1) is 22.3 Å². The standard InChI is InChI=1S/C17H15Cl2NO4/c1-2-23-13-5-3-12(4-6-13)20-9-11-7-14(18)17(15(19)8-11)24-10-16(21)22/h3-9H,2,10H2,1H3,(H,21,22). The van der Waals surface area contributed by atoms with E-state index in [0.29, 0.717) is 12.2 Å². The van der Waals surface area contributed by atoms with Gasteiger partial charge in [0.25, 0.3) is 0 Å². The van der Waals surface area contributed by atoms with Crippen molar-refractivity contribution in [3.05, 3.63) is 52.0 Å². The van der Waals surface area contributed by atoms with E-state index in [0.717, 1.165) is 11.4 Å². The van der Waals surface area contributed by atoms with Crippen molar-refractivity contribution in [2.24, 2.45) is 4.99 Å². The molecular formula is C17H15Cl2NO4. The summed E-state index contributed by atoms with van der Waals surface area (Å²) in [7, 11) is 0. The summed E-state index contributed by atoms with van der Waals surface area (Å²) in [5.74, 6) is -0.190. The van der Waals surface area contributed by atoms with Crippen LogP contribution in [0.15, 0.2) is 41.4 Å². The molecule has 2 rings (SSSR count). The van der Waals surface area contributed by atoms with Gasteiger partial charge in [-0.25, -0.2) is 4.79 Å². The van der Waals surface area contributed by atoms with Crippen LogP contribution in [0.4, 0.5) is 5.69 Å². The van der Waals surface area contributed by atoms with Crippen LogP contribution in [-0.2, 0) is 4.79 Å². The quantitative estimate of drug-likeness (QED) is 0.725. The van der Waals surface area contributed by atoms with Gasteiger partial charge in [-0.05, 0) is 48.9 Å². The largest absolute Gasteiger partial charge is 0.494 e. The summed E-state index contributed by atoms with van der Waals surface area (Å²) in [5, 5.41) is 9.07. The summed E-state index contributed by atoms with van der Waals surface area (Å²) < 4.78 is 10.4. The molecule has 0 aliphatic carbocycles. The van der Waals surface area contributed by atoms with E-state index in [2.05, 4.69) is 4.99 Å². The highest BCUT2D eigenvalue weighted by Gasteiger charge is 2.10. The van der Waals surface area contributed by atoms with E-state index in [1.807, 2.05) is 31.2 Å². The maximum absolute atomic E-state index is 10.5. The van der Waals surface area contributed by atoms with Crippen LogP contribution in [0.1, 0.15) is 12.5 Å². The Morgan fingerprint density at radius 3 is 2.33 bits per heavy atom. The minimum absolute atomic E-state index is 0.138. The fraction of sp³-hybridized carbons (Fsp3) is 0.176. The highest BCUT2D eigenvalue weighted by molar-refractivity contribution is 6.37. The van der Waals surface area contributed by atoms with Crippen LogP contribution in [-0.4, -0.2) is 30.5 Å². The maximum atomic E-state index is 10.5. The number of benzene rings is 2. The van der Waals surface area contributed by atoms with Gasteiger partial charge >= 0.3 is 5.97 Å². The third kappa shape index (κ3) is 5.15. The molecule has 2 aromatic carbocycles. The van der Waals surface area contributed by atoms with Gasteiger partial charge in [0.1, 0.15) is 5.75 Å². The topological polar surface area (TPSA) is 68.1 Å². The molecule has 0 saturated heterocycles. The zero-order valence-corrected chi connectivity index (χ0v) is 14.3. The van der Waals surface area contributed by atoms with Crippen molar-refractivity contribution in [2.75, 3.05) is 13.2 Å². The third-order valence-corrected chi connectivity index (χ3v) is 3.43. The first kappa shape index (κ1) is 18.1. The highest BCUT2D eigenvalue weighted by Crippen LogP contribution is 2.34. The molecule has 0 bridgehead atoms. The van der Waals surface area contributed by atoms with Crippen LogP contribution >= 0.6 is 23.2 Å². The first-order valence-electron chi connectivity index (χ1n) is 7.10. The molecule has 0 fully saturated rings. The van der Waals surface area contributed by atoms with Crippen molar-refractivity contribution in [3.8, 4) is 11.5 Å². The number of ether oxygens (including phenoxy) is 2. The molecule has 0 aliphatic rings. The number of aliphatic imine (C=N–C) groups is 1. The van der Waals surface area contributed by atoms with Gasteiger partial charge in [-0.1, -0.05) is 23.2 Å². The van der Waals surface area contributed by atoms with Crippen LogP contribution < -0.4 is 9.47 Å². The van der Waals surface area contributed by atoms with Crippen LogP contribution in [0.2, 0.25) is 10.0 Å². The van der Waals surface area contributed by atoms with E-state index in [-0.39, 0.29) is 15.8 Å². The van der Waals surface area contributed by atoms with Gasteiger partial charge in [-0.15, -0.1) is 0 Å². The third-order valence-electron chi connectivity index (χ3n) is 2.87. The molecular weight excluding hydrogens is 353 g/mol. The molecule has 0 unspecified atom stereocenters. The zero-order valence-electron chi connectivity index (χ0n) is 12.8. The van der Waals surface area contributed by atoms with Gasteiger partial charge < -0.3 is 14.6 Å². The number of carboxylic acids is 1. The Balaban J connectivity index is 2.13. The summed E-state index contributed by atoms with van der Waals surface area (Å²) in [5.41, 5.74) is 1.42. The fourth-order valence-electron chi connectivity index (χ4n) is 1.87. The molecule has 2 aromatic rings. The molecule has 0 spiro atoms. The highest BCUT2D eigenvalue weighted by atomic mass is 35.5. The Kier molecular flexibility index (Phi) is 6.46. The number of nitrogens with zero attached hydrogens (tertiary/aromatic N) is 1. The van der Waals surface area contributed by atoms with Crippen LogP contribution in [0.5, 0.6) is 11.5 Å². The number of carbonyl (C=O) groups is 1. The van der Waals surface area contributed by atoms with Gasteiger partial charge in [0.15, 0.2) is 12.4 Å². The van der Waals surface area contributed by atoms with Crippen molar-refractivity contribution in [3.63, 3.8) is 0 Å². The number of hydrogen-bond donors (Lipinski definition) is 1. The lowest BCUT2D eigenvalue weighted by Crippen LogP contribution is -2.10. The van der Waals surface area contributed by atoms with Crippen molar-refractivity contribution in [2.45, 2.75) is 6.92 Å². The second-order valence-electron chi connectivity index (χ2n) is 4.68. The molecule has 5 nitrogen and oxygen atoms in total. The minimum atomic E-state index is -1.11. The minimum Gasteiger partial charge on any atom is -0.494 e. The summed E-state index contributed by atoms with van der Waals surface area (Å²) in [4.78, 5) is 14.9. The summed E-state index contributed by atoms with van der Waals surface area (Å²) >= 11 is 12.1. The van der Waals surface area contributed by atoms with Gasteiger partial charge in [-0.3, -0.25) is 4.99 Å². The van der Waals surface area contributed by atoms with Crippen molar-refractivity contribution in [1.82, 2.24) is 0 Å². The van der Waals surface area contributed by atoms with Crippen LogP contribution in [0.25, 0.3) is 0 Å². The molecule has 0 aromatic heterocycles. The number of rotatable bonds is 7. The van der Waals surface area contributed by atoms with Crippen LogP contribution in [0, 0.1) is 0 Å². The Morgan fingerprint density at radius 1 is 1.17 bits per heavy atom. The average molecular weight is 368 g/mol. The second kappa shape index (κ2) is 8.57. The monoisotopic (exact) mass is 367 g/mol. The Labute approximate surface area is 149 Å². The Morgan fingerprint density at radius 2 is 1.79 bits per heavy atom. The first-order chi connectivity index (χ1) is 11.5. The molecule has 0 atom stereocenters. The van der Waals surface area contributed by atoms with E-state index in [9.17, 15) is 4.79 Å². The molecule has 0 amide bonds. The normalized spacial score (nSPS) is 10.8. The number of halogens is 2. The number of carboxylic acid groups (broad SMARTS) is 1. The molecule has 126 valence electrons. The maximum Gasteiger partial charge on any atom is 0.341 e. The summed E-state index contributed by atoms with van der Waals surface area (Å²) in [6, 6.07) is 10.5. The molecule has 0 saturated carbocycles. The average Bonchev–Trinajstić information content (AvgIpc) is 2.53. The van der Waals surface area contributed by atoms with Crippen molar-refractivity contribution >= 4 is 41.1 Å². The first-order valence-corrected chi connectivity index (χ1v) is 7.85. The lowest BCUT2D eigenvalue weighted by molar-refractivity contribution is -0.139. The summed E-state index contributed by atoms with van der Waals surface area (Å²) in [6.07, 6.45) is 1.61. The smallest absolute Gasteiger partial charge is 0.341 e. The van der Waals surface area contributed by atoms with Gasteiger partial charge in [0, 0.05) is 6.21 Å². The van der Waals surface area contributed by atoms with Crippen molar-refractivity contribution in [1.29, 1.82) is 0 Å². The van der Waals surface area contributed by atoms with E-state index in [1.165, 1.54) is 0 Å². The summed E-state index contributed by atoms with van der Waals surface area (Å²) in [6.45, 7) is 2.01. The van der Waals surface area contributed by atoms with E-state index in [4.69, 9.17) is 37.8 Å². The molecule has 0 radical (unpaired) electrons. The molecule has 1 N–H and O–H groups in total. The lowest BCUT2D eigenvalue weighted by Gasteiger charge is -2.08.